The van der Waals surface area contributed by atoms with Crippen LogP contribution in [-0.4, -0.2) is 53.3 Å². The van der Waals surface area contributed by atoms with E-state index in [9.17, 15) is 27.6 Å². The molecule has 40 heavy (non-hydrogen) atoms. The van der Waals surface area contributed by atoms with Crippen molar-refractivity contribution < 1.29 is 22.5 Å². The summed E-state index contributed by atoms with van der Waals surface area (Å²) >= 11 is 0. The molecule has 1 aliphatic heterocycles. The maximum Gasteiger partial charge on any atom is 0.449 e. The van der Waals surface area contributed by atoms with E-state index < -0.39 is 35.2 Å². The highest BCUT2D eigenvalue weighted by Gasteiger charge is 2.36. The van der Waals surface area contributed by atoms with Crippen LogP contribution in [0.4, 0.5) is 19.0 Å². The van der Waals surface area contributed by atoms with Crippen molar-refractivity contribution in [2.45, 2.75) is 32.6 Å². The number of nitrogens with zero attached hydrogens (tertiary/aromatic N) is 7. The topological polar surface area (TPSA) is 154 Å². The van der Waals surface area contributed by atoms with Gasteiger partial charge < -0.3 is 19.7 Å². The Bertz CT molecular complexity index is 1810. The van der Waals surface area contributed by atoms with Crippen LogP contribution in [-0.2, 0) is 18.4 Å². The van der Waals surface area contributed by atoms with Crippen LogP contribution in [0.1, 0.15) is 30.1 Å². The van der Waals surface area contributed by atoms with Crippen molar-refractivity contribution in [1.82, 2.24) is 34.1 Å². The van der Waals surface area contributed by atoms with E-state index in [1.165, 1.54) is 41.7 Å². The predicted molar refractivity (Wildman–Crippen MR) is 137 cm³/mol. The van der Waals surface area contributed by atoms with Gasteiger partial charge in [-0.1, -0.05) is 11.2 Å². The first-order valence-corrected chi connectivity index (χ1v) is 11.9. The molecule has 0 radical (unpaired) electrons. The highest BCUT2D eigenvalue weighted by molar-refractivity contribution is 5.94. The molecule has 1 atom stereocenters. The maximum absolute atomic E-state index is 13.4. The lowest BCUT2D eigenvalue weighted by Crippen LogP contribution is -2.40. The van der Waals surface area contributed by atoms with Gasteiger partial charge in [-0.2, -0.15) is 13.2 Å². The predicted octanol–water partition coefficient (Wildman–Crippen LogP) is 1.74. The van der Waals surface area contributed by atoms with E-state index in [-0.39, 0.29) is 30.1 Å². The zero-order valence-corrected chi connectivity index (χ0v) is 21.4. The van der Waals surface area contributed by atoms with Gasteiger partial charge in [0.15, 0.2) is 11.2 Å². The summed E-state index contributed by atoms with van der Waals surface area (Å²) in [5, 5.41) is 8.60. The Morgan fingerprint density at radius 3 is 2.70 bits per heavy atom. The van der Waals surface area contributed by atoms with E-state index in [1.807, 2.05) is 0 Å². The molecule has 0 fully saturated rings. The summed E-state index contributed by atoms with van der Waals surface area (Å²) in [4.78, 5) is 51.4. The van der Waals surface area contributed by atoms with Crippen LogP contribution in [0.15, 0.2) is 55.9 Å². The minimum Gasteiger partial charge on any atom is -0.361 e. The first kappa shape index (κ1) is 26.6. The molecular weight excluding hydrogens is 535 g/mol. The molecule has 0 aliphatic carbocycles. The van der Waals surface area contributed by atoms with Crippen LogP contribution in [0.3, 0.4) is 0 Å². The number of pyridine rings is 1. The molecule has 0 saturated carbocycles. The van der Waals surface area contributed by atoms with Gasteiger partial charge in [0.05, 0.1) is 25.1 Å². The number of hydrogen-bond acceptors (Lipinski definition) is 9. The number of carbonyl (C=O) groups excluding carboxylic acids is 1. The zero-order valence-electron chi connectivity index (χ0n) is 21.4. The molecule has 5 rings (SSSR count). The van der Waals surface area contributed by atoms with E-state index >= 15 is 0 Å². The van der Waals surface area contributed by atoms with Gasteiger partial charge in [-0.25, -0.2) is 14.8 Å². The van der Waals surface area contributed by atoms with E-state index in [0.717, 1.165) is 4.57 Å². The molecule has 1 amide bonds. The standard InChI is InChI=1S/C24H22F3N9O4/c1-12-7-15(33-40-12)10-35-21(38)18-19(34(3)23(35)39)30-11-36(18)13(2)20(37)32-17-6-4-5-16(31-17)14-8-28-22(29-9-14)24(25,26)27/h4-8,11,13H,9-10H2,1-3H3,(H,28,29)(H,31,32,37)/t13-/m0/s1. The number of aliphatic imine (C=N–C) groups is 1. The molecule has 0 spiro atoms. The summed E-state index contributed by atoms with van der Waals surface area (Å²) in [6, 6.07) is 5.31. The molecule has 0 saturated heterocycles. The molecule has 4 aromatic heterocycles. The smallest absolute Gasteiger partial charge is 0.361 e. The largest absolute Gasteiger partial charge is 0.449 e. The number of halogens is 3. The maximum atomic E-state index is 13.4. The first-order valence-electron chi connectivity index (χ1n) is 11.9. The average molecular weight is 557 g/mol. The van der Waals surface area contributed by atoms with Gasteiger partial charge in [-0.3, -0.25) is 23.7 Å². The summed E-state index contributed by atoms with van der Waals surface area (Å²) < 4.78 is 47.0. The Kier molecular flexibility index (Phi) is 6.60. The molecule has 2 N–H and O–H groups in total. The Balaban J connectivity index is 1.40. The highest BCUT2D eigenvalue weighted by atomic mass is 19.4. The third-order valence-electron chi connectivity index (χ3n) is 6.24. The Morgan fingerprint density at radius 2 is 2.05 bits per heavy atom. The van der Waals surface area contributed by atoms with Gasteiger partial charge in [0, 0.05) is 24.9 Å². The van der Waals surface area contributed by atoms with Crippen molar-refractivity contribution in [2.75, 3.05) is 11.9 Å². The molecule has 1 aliphatic rings. The van der Waals surface area contributed by atoms with Crippen molar-refractivity contribution >= 4 is 34.3 Å². The lowest BCUT2D eigenvalue weighted by molar-refractivity contribution is -0.118. The third-order valence-corrected chi connectivity index (χ3v) is 6.24. The third kappa shape index (κ3) is 4.90. The first-order chi connectivity index (χ1) is 18.9. The summed E-state index contributed by atoms with van der Waals surface area (Å²) in [6.45, 7) is 2.83. The summed E-state index contributed by atoms with van der Waals surface area (Å²) in [7, 11) is 1.46. The number of alkyl halides is 3. The van der Waals surface area contributed by atoms with Gasteiger partial charge >= 0.3 is 11.9 Å². The van der Waals surface area contributed by atoms with Gasteiger partial charge in [0.2, 0.25) is 11.7 Å². The zero-order chi connectivity index (χ0) is 28.8. The van der Waals surface area contributed by atoms with Crippen molar-refractivity contribution in [3.63, 3.8) is 0 Å². The van der Waals surface area contributed by atoms with Crippen LogP contribution in [0.25, 0.3) is 16.7 Å². The number of amides is 1. The number of hydrogen-bond donors (Lipinski definition) is 2. The molecular formula is C24H22F3N9O4. The van der Waals surface area contributed by atoms with Crippen molar-refractivity contribution in [3.8, 4) is 0 Å². The molecule has 0 aromatic carbocycles. The number of imidazole rings is 1. The Labute approximate surface area is 222 Å². The average Bonchev–Trinajstić information content (AvgIpc) is 3.55. The second kappa shape index (κ2) is 9.94. The number of aryl methyl sites for hydroxylation is 2. The number of anilines is 1. The molecule has 208 valence electrons. The fraction of sp³-hybridized carbons (Fsp3) is 0.292. The summed E-state index contributed by atoms with van der Waals surface area (Å²) in [5.41, 5.74) is -0.0615. The Morgan fingerprint density at radius 1 is 1.27 bits per heavy atom. The number of fused-ring (bicyclic) bond motifs is 1. The number of rotatable bonds is 6. The van der Waals surface area contributed by atoms with Crippen LogP contribution < -0.4 is 21.9 Å². The fourth-order valence-electron chi connectivity index (χ4n) is 4.15. The summed E-state index contributed by atoms with van der Waals surface area (Å²) in [6.07, 6.45) is -2.14. The normalized spacial score (nSPS) is 14.4. The van der Waals surface area contributed by atoms with Crippen LogP contribution in [0.5, 0.6) is 0 Å². The van der Waals surface area contributed by atoms with Gasteiger partial charge in [-0.15, -0.1) is 0 Å². The molecule has 16 heteroatoms. The van der Waals surface area contributed by atoms with Crippen LogP contribution >= 0.6 is 0 Å². The minimum absolute atomic E-state index is 0.0310. The fourth-order valence-corrected chi connectivity index (χ4v) is 4.15. The number of nitrogens with one attached hydrogen (secondary N) is 2. The summed E-state index contributed by atoms with van der Waals surface area (Å²) in [5.74, 6) is -1.00. The second-order valence-corrected chi connectivity index (χ2v) is 9.04. The SMILES string of the molecule is Cc1cc(Cn2c(=O)c3c(ncn3[C@@H](C)C(=O)Nc3cccc(C4=CNC(C(F)(F)F)=NC4)n3)n(C)c2=O)no1. The molecule has 4 aromatic rings. The van der Waals surface area contributed by atoms with E-state index in [1.54, 1.807) is 25.1 Å². The quantitative estimate of drug-likeness (QED) is 0.364. The van der Waals surface area contributed by atoms with Crippen LogP contribution in [0, 0.1) is 6.92 Å². The molecule has 0 bridgehead atoms. The van der Waals surface area contributed by atoms with Gasteiger partial charge in [0.1, 0.15) is 23.3 Å². The van der Waals surface area contributed by atoms with E-state index in [0.29, 0.717) is 22.7 Å². The monoisotopic (exact) mass is 557 g/mol. The van der Waals surface area contributed by atoms with E-state index in [2.05, 4.69) is 30.8 Å². The second-order valence-electron chi connectivity index (χ2n) is 9.04. The van der Waals surface area contributed by atoms with Gasteiger partial charge in [0.25, 0.3) is 5.56 Å². The van der Waals surface area contributed by atoms with Crippen LogP contribution in [0.2, 0.25) is 0 Å². The lowest BCUT2D eigenvalue weighted by Gasteiger charge is -2.17. The van der Waals surface area contributed by atoms with Crippen molar-refractivity contribution in [3.05, 3.63) is 74.8 Å². The number of aromatic nitrogens is 6. The van der Waals surface area contributed by atoms with Gasteiger partial charge in [-0.05, 0) is 26.0 Å². The number of carbonyl (C=O) groups is 1. The lowest BCUT2D eigenvalue weighted by atomic mass is 10.1. The van der Waals surface area contributed by atoms with E-state index in [4.69, 9.17) is 4.52 Å². The number of amidine groups is 1. The molecule has 0 unspecified atom stereocenters. The van der Waals surface area contributed by atoms with Crippen molar-refractivity contribution in [2.24, 2.45) is 12.0 Å². The Hall–Kier alpha value is -5.02. The highest BCUT2D eigenvalue weighted by Crippen LogP contribution is 2.22. The van der Waals surface area contributed by atoms with Crippen molar-refractivity contribution in [1.29, 1.82) is 0 Å². The molecule has 13 nitrogen and oxygen atoms in total. The minimum atomic E-state index is -4.59. The molecule has 5 heterocycles.